The minimum atomic E-state index is 0. The van der Waals surface area contributed by atoms with Gasteiger partial charge in [-0.25, -0.2) is 0 Å². The van der Waals surface area contributed by atoms with Crippen LogP contribution in [-0.2, 0) is 12.8 Å². The lowest BCUT2D eigenvalue weighted by molar-refractivity contribution is 0.650. The van der Waals surface area contributed by atoms with Gasteiger partial charge in [-0.3, -0.25) is 0 Å². The van der Waals surface area contributed by atoms with Crippen LogP contribution in [-0.4, -0.2) is 0 Å². The molecule has 4 aromatic carbocycles. The third-order valence-electron chi connectivity index (χ3n) is 4.73. The van der Waals surface area contributed by atoms with Crippen molar-refractivity contribution in [2.45, 2.75) is 41.0 Å². The topological polar surface area (TPSA) is 0 Å². The zero-order valence-electron chi connectivity index (χ0n) is 16.1. The van der Waals surface area contributed by atoms with Crippen LogP contribution < -0.4 is 0 Å². The predicted octanol–water partition coefficient (Wildman–Crippen LogP) is 8.08. The molecule has 0 saturated heterocycles. The highest BCUT2D eigenvalue weighted by Gasteiger charge is 2.01. The molecule has 0 N–H and O–H groups in total. The van der Waals surface area contributed by atoms with Crippen LogP contribution in [0, 0.1) is 5.92 Å². The average Bonchev–Trinajstić information content (AvgIpc) is 2.68. The van der Waals surface area contributed by atoms with Gasteiger partial charge in [0.2, 0.25) is 0 Å². The molecule has 140 valence electrons. The van der Waals surface area contributed by atoms with Crippen molar-refractivity contribution < 1.29 is 0 Å². The summed E-state index contributed by atoms with van der Waals surface area (Å²) >= 11 is 0. The first-order valence-electron chi connectivity index (χ1n) is 9.61. The second-order valence-corrected chi connectivity index (χ2v) is 7.27. The first kappa shape index (κ1) is 20.7. The SMILES string of the molecule is C.CC(C)Cc1cccc2ccccc12.CCc1ccc2ccccc2c1. The van der Waals surface area contributed by atoms with Crippen LogP contribution in [0.4, 0.5) is 0 Å². The Bertz CT molecular complexity index is 974. The molecule has 0 amide bonds. The molecule has 0 bridgehead atoms. The molecule has 0 fully saturated rings. The first-order chi connectivity index (χ1) is 12.7. The minimum absolute atomic E-state index is 0. The molecule has 0 aliphatic rings. The number of aryl methyl sites for hydroxylation is 1. The summed E-state index contributed by atoms with van der Waals surface area (Å²) in [6.45, 7) is 6.72. The Morgan fingerprint density at radius 3 is 2.00 bits per heavy atom. The van der Waals surface area contributed by atoms with Gasteiger partial charge >= 0.3 is 0 Å². The molecule has 0 spiro atoms. The zero-order valence-corrected chi connectivity index (χ0v) is 16.1. The number of hydrogen-bond donors (Lipinski definition) is 0. The van der Waals surface area contributed by atoms with E-state index in [2.05, 4.69) is 106 Å². The third kappa shape index (κ3) is 5.44. The number of hydrogen-bond acceptors (Lipinski definition) is 0. The average molecular weight is 357 g/mol. The fraction of sp³-hybridized carbons (Fsp3) is 0.259. The monoisotopic (exact) mass is 356 g/mol. The molecule has 0 radical (unpaired) electrons. The third-order valence-corrected chi connectivity index (χ3v) is 4.73. The van der Waals surface area contributed by atoms with E-state index in [9.17, 15) is 0 Å². The Morgan fingerprint density at radius 1 is 0.667 bits per heavy atom. The largest absolute Gasteiger partial charge is 0.0776 e. The van der Waals surface area contributed by atoms with E-state index in [-0.39, 0.29) is 7.43 Å². The van der Waals surface area contributed by atoms with Crippen LogP contribution in [0.25, 0.3) is 21.5 Å². The summed E-state index contributed by atoms with van der Waals surface area (Å²) in [6, 6.07) is 30.3. The van der Waals surface area contributed by atoms with Gasteiger partial charge in [-0.2, -0.15) is 0 Å². The molecule has 0 aromatic heterocycles. The molecule has 0 atom stereocenters. The molecule has 0 saturated carbocycles. The van der Waals surface area contributed by atoms with Crippen LogP contribution >= 0.6 is 0 Å². The fourth-order valence-electron chi connectivity index (χ4n) is 3.37. The standard InChI is InChI=1S/C14H16.C12H12.CH4/c1-11(2)10-13-8-5-7-12-6-3-4-9-14(12)13;1-2-10-7-8-11-5-3-4-6-12(11)9-10;/h3-9,11H,10H2,1-2H3;3-9H,2H2,1H3;1H4. The van der Waals surface area contributed by atoms with E-state index < -0.39 is 0 Å². The van der Waals surface area contributed by atoms with E-state index in [1.807, 2.05) is 0 Å². The van der Waals surface area contributed by atoms with Crippen LogP contribution in [0.2, 0.25) is 0 Å². The second kappa shape index (κ2) is 9.92. The van der Waals surface area contributed by atoms with Gasteiger partial charge in [0, 0.05) is 0 Å². The Labute approximate surface area is 164 Å². The van der Waals surface area contributed by atoms with Crippen molar-refractivity contribution in [3.63, 3.8) is 0 Å². The summed E-state index contributed by atoms with van der Waals surface area (Å²) in [6.07, 6.45) is 2.28. The molecular weight excluding hydrogens is 324 g/mol. The minimum Gasteiger partial charge on any atom is -0.0776 e. The maximum Gasteiger partial charge on any atom is -0.0152 e. The van der Waals surface area contributed by atoms with Crippen molar-refractivity contribution in [2.75, 3.05) is 0 Å². The van der Waals surface area contributed by atoms with Crippen LogP contribution in [0.15, 0.2) is 84.9 Å². The van der Waals surface area contributed by atoms with Crippen molar-refractivity contribution in [3.8, 4) is 0 Å². The van der Waals surface area contributed by atoms with E-state index in [4.69, 9.17) is 0 Å². The lowest BCUT2D eigenvalue weighted by Crippen LogP contribution is -1.94. The Morgan fingerprint density at radius 2 is 1.30 bits per heavy atom. The maximum atomic E-state index is 2.27. The maximum absolute atomic E-state index is 2.27. The van der Waals surface area contributed by atoms with E-state index in [0.717, 1.165) is 12.3 Å². The van der Waals surface area contributed by atoms with E-state index >= 15 is 0 Å². The molecule has 0 heterocycles. The van der Waals surface area contributed by atoms with E-state index in [1.54, 1.807) is 0 Å². The Hall–Kier alpha value is -2.60. The van der Waals surface area contributed by atoms with Crippen molar-refractivity contribution in [3.05, 3.63) is 96.1 Å². The van der Waals surface area contributed by atoms with Gasteiger partial charge in [0.1, 0.15) is 0 Å². The van der Waals surface area contributed by atoms with Crippen LogP contribution in [0.5, 0.6) is 0 Å². The van der Waals surface area contributed by atoms with Crippen molar-refractivity contribution in [2.24, 2.45) is 5.92 Å². The lowest BCUT2D eigenvalue weighted by atomic mass is 9.97. The summed E-state index contributed by atoms with van der Waals surface area (Å²) in [5.74, 6) is 0.723. The highest BCUT2D eigenvalue weighted by atomic mass is 14.1. The Kier molecular flexibility index (Phi) is 7.61. The zero-order chi connectivity index (χ0) is 18.4. The highest BCUT2D eigenvalue weighted by molar-refractivity contribution is 5.85. The predicted molar refractivity (Wildman–Crippen MR) is 123 cm³/mol. The second-order valence-electron chi connectivity index (χ2n) is 7.27. The molecule has 0 unspecified atom stereocenters. The van der Waals surface area contributed by atoms with Gasteiger partial charge in [0.25, 0.3) is 0 Å². The van der Waals surface area contributed by atoms with Crippen molar-refractivity contribution >= 4 is 21.5 Å². The van der Waals surface area contributed by atoms with Gasteiger partial charge in [-0.15, -0.1) is 0 Å². The van der Waals surface area contributed by atoms with Gasteiger partial charge in [-0.1, -0.05) is 113 Å². The molecule has 0 nitrogen and oxygen atoms in total. The summed E-state index contributed by atoms with van der Waals surface area (Å²) < 4.78 is 0. The number of fused-ring (bicyclic) bond motifs is 2. The smallest absolute Gasteiger partial charge is 0.0152 e. The molecule has 4 rings (SSSR count). The van der Waals surface area contributed by atoms with Gasteiger partial charge < -0.3 is 0 Å². The van der Waals surface area contributed by atoms with Gasteiger partial charge in [0.05, 0.1) is 0 Å². The van der Waals surface area contributed by atoms with E-state index in [0.29, 0.717) is 0 Å². The molecule has 4 aromatic rings. The summed E-state index contributed by atoms with van der Waals surface area (Å²) in [5.41, 5.74) is 2.88. The quantitative estimate of drug-likeness (QED) is 0.348. The molecule has 0 aliphatic carbocycles. The van der Waals surface area contributed by atoms with Crippen LogP contribution in [0.3, 0.4) is 0 Å². The normalized spacial score (nSPS) is 10.4. The van der Waals surface area contributed by atoms with Gasteiger partial charge in [-0.05, 0) is 51.4 Å². The lowest BCUT2D eigenvalue weighted by Gasteiger charge is -2.08. The number of rotatable bonds is 3. The molecule has 0 heteroatoms. The Balaban J connectivity index is 0.000000189. The van der Waals surface area contributed by atoms with Gasteiger partial charge in [0.15, 0.2) is 0 Å². The summed E-state index contributed by atoms with van der Waals surface area (Å²) in [5, 5.41) is 5.43. The summed E-state index contributed by atoms with van der Waals surface area (Å²) in [4.78, 5) is 0. The molecular formula is C27H32. The van der Waals surface area contributed by atoms with E-state index in [1.165, 1.54) is 39.1 Å². The van der Waals surface area contributed by atoms with Crippen LogP contribution in [0.1, 0.15) is 39.3 Å². The molecule has 0 aliphatic heterocycles. The molecule has 27 heavy (non-hydrogen) atoms. The van der Waals surface area contributed by atoms with Crippen molar-refractivity contribution in [1.29, 1.82) is 0 Å². The fourth-order valence-corrected chi connectivity index (χ4v) is 3.37. The highest BCUT2D eigenvalue weighted by Crippen LogP contribution is 2.20. The van der Waals surface area contributed by atoms with Crippen molar-refractivity contribution in [1.82, 2.24) is 0 Å². The summed E-state index contributed by atoms with van der Waals surface area (Å²) in [7, 11) is 0. The first-order valence-corrected chi connectivity index (χ1v) is 9.61. The number of benzene rings is 4.